The maximum atomic E-state index is 11.9. The summed E-state index contributed by atoms with van der Waals surface area (Å²) in [6.45, 7) is 0. The van der Waals surface area contributed by atoms with Gasteiger partial charge in [-0.05, 0) is 24.2 Å². The Kier molecular flexibility index (Phi) is 3.36. The van der Waals surface area contributed by atoms with Gasteiger partial charge in [-0.25, -0.2) is 0 Å². The first kappa shape index (κ1) is 10.6. The molecule has 0 saturated carbocycles. The maximum absolute atomic E-state index is 11.9. The molecule has 2 heteroatoms. The van der Waals surface area contributed by atoms with Crippen LogP contribution < -0.4 is 4.90 Å². The molecule has 0 radical (unpaired) electrons. The first-order chi connectivity index (χ1) is 9.18. The number of carbonyl (C=O) groups excluding carboxylic acids is 1. The minimum atomic E-state index is -0.330. The lowest BCUT2D eigenvalue weighted by Crippen LogP contribution is -2.24. The van der Waals surface area contributed by atoms with Gasteiger partial charge < -0.3 is 4.90 Å². The highest BCUT2D eigenvalue weighted by molar-refractivity contribution is 6.05. The van der Waals surface area contributed by atoms with Crippen LogP contribution in [0.4, 0.5) is 5.69 Å². The highest BCUT2D eigenvalue weighted by Crippen LogP contribution is 2.10. The number of benzene rings is 2. The molecule has 0 aliphatic heterocycles. The van der Waals surface area contributed by atoms with E-state index in [4.69, 9.17) is 1.37 Å². The Hall–Kier alpha value is -2.53. The van der Waals surface area contributed by atoms with Gasteiger partial charge in [0.1, 0.15) is 0 Å². The summed E-state index contributed by atoms with van der Waals surface area (Å²) in [4.78, 5) is 13.3. The van der Waals surface area contributed by atoms with Gasteiger partial charge in [-0.1, -0.05) is 42.3 Å². The van der Waals surface area contributed by atoms with Gasteiger partial charge in [-0.15, -0.1) is 0 Å². The fraction of sp³-hybridized carbons (Fsp3) is 0.0625. The normalized spacial score (nSPS) is 9.94. The minimum absolute atomic E-state index is 0.305. The zero-order valence-electron chi connectivity index (χ0n) is 11.1. The van der Waals surface area contributed by atoms with Crippen LogP contribution in [0.1, 0.15) is 6.93 Å². The van der Waals surface area contributed by atoms with Crippen LogP contribution in [-0.4, -0.2) is 13.0 Å². The van der Waals surface area contributed by atoms with Crippen LogP contribution in [0.5, 0.6) is 0 Å². The summed E-state index contributed by atoms with van der Waals surface area (Å²) in [5, 5.41) is 0. The number of nitrogens with zero attached hydrogens (tertiary/aromatic N) is 1. The molecule has 0 bridgehead atoms. The third-order valence-electron chi connectivity index (χ3n) is 2.45. The van der Waals surface area contributed by atoms with Crippen molar-refractivity contribution in [2.24, 2.45) is 0 Å². The van der Waals surface area contributed by atoms with Gasteiger partial charge in [0.05, 0.1) is 1.37 Å². The predicted molar refractivity (Wildman–Crippen MR) is 73.2 cm³/mol. The first-order valence-electron chi connectivity index (χ1n) is 6.09. The Bertz CT molecular complexity index is 641. The molecule has 2 nitrogen and oxygen atoms in total. The van der Waals surface area contributed by atoms with Crippen LogP contribution in [0.2, 0.25) is 0 Å². The molecule has 0 spiro atoms. The standard InChI is InChI=1S/C16H13NO/c1-17(15-10-6-3-7-11-15)16(18)13-12-14-8-4-2-5-9-14/h2-11H,1H3/i10D. The van der Waals surface area contributed by atoms with E-state index in [9.17, 15) is 4.79 Å². The molecular weight excluding hydrogens is 222 g/mol. The van der Waals surface area contributed by atoms with E-state index in [0.717, 1.165) is 5.56 Å². The molecular formula is C16H13NO. The van der Waals surface area contributed by atoms with Gasteiger partial charge in [-0.2, -0.15) is 0 Å². The van der Waals surface area contributed by atoms with Crippen LogP contribution >= 0.6 is 0 Å². The highest BCUT2D eigenvalue weighted by Gasteiger charge is 2.06. The summed E-state index contributed by atoms with van der Waals surface area (Å²) in [7, 11) is 1.62. The Morgan fingerprint density at radius 3 is 2.50 bits per heavy atom. The zero-order valence-corrected chi connectivity index (χ0v) is 10.1. The molecule has 2 aromatic carbocycles. The van der Waals surface area contributed by atoms with Gasteiger partial charge in [0.15, 0.2) is 0 Å². The monoisotopic (exact) mass is 236 g/mol. The molecule has 0 heterocycles. The van der Waals surface area contributed by atoms with Gasteiger partial charge in [0, 0.05) is 24.2 Å². The molecule has 88 valence electrons. The molecule has 0 aliphatic rings. The summed E-state index contributed by atoms with van der Waals surface area (Å²) in [5.41, 5.74) is 1.35. The largest absolute Gasteiger partial charge is 0.305 e. The van der Waals surface area contributed by atoms with Crippen molar-refractivity contribution in [3.63, 3.8) is 0 Å². The number of carbonyl (C=O) groups is 1. The van der Waals surface area contributed by atoms with E-state index in [2.05, 4.69) is 11.8 Å². The van der Waals surface area contributed by atoms with E-state index in [-0.39, 0.29) is 5.91 Å². The van der Waals surface area contributed by atoms with Crippen molar-refractivity contribution in [3.8, 4) is 11.8 Å². The summed E-state index contributed by atoms with van der Waals surface area (Å²) in [6, 6.07) is 16.6. The third-order valence-corrected chi connectivity index (χ3v) is 2.45. The van der Waals surface area contributed by atoms with E-state index < -0.39 is 0 Å². The van der Waals surface area contributed by atoms with Crippen LogP contribution in [0, 0.1) is 11.8 Å². The van der Waals surface area contributed by atoms with Crippen molar-refractivity contribution in [2.45, 2.75) is 0 Å². The molecule has 0 fully saturated rings. The molecule has 18 heavy (non-hydrogen) atoms. The van der Waals surface area contributed by atoms with Crippen LogP contribution in [-0.2, 0) is 4.79 Å². The SMILES string of the molecule is [2H]c1ccccc1N(C)C(=O)C#Cc1ccccc1. The average molecular weight is 236 g/mol. The second kappa shape index (κ2) is 5.70. The summed E-state index contributed by atoms with van der Waals surface area (Å²) < 4.78 is 7.75. The van der Waals surface area contributed by atoms with Crippen LogP contribution in [0.3, 0.4) is 0 Å². The van der Waals surface area contributed by atoms with Crippen molar-refractivity contribution in [3.05, 3.63) is 66.2 Å². The van der Waals surface area contributed by atoms with Crippen molar-refractivity contribution < 1.29 is 6.17 Å². The lowest BCUT2D eigenvalue weighted by Gasteiger charge is -2.13. The lowest BCUT2D eigenvalue weighted by atomic mass is 10.2. The Balaban J connectivity index is 2.18. The van der Waals surface area contributed by atoms with Crippen molar-refractivity contribution in [2.75, 3.05) is 11.9 Å². The van der Waals surface area contributed by atoms with Crippen LogP contribution in [0.15, 0.2) is 60.6 Å². The molecule has 0 aromatic heterocycles. The number of anilines is 1. The number of hydrogen-bond donors (Lipinski definition) is 0. The van der Waals surface area contributed by atoms with Gasteiger partial charge in [-0.3, -0.25) is 4.79 Å². The van der Waals surface area contributed by atoms with Crippen molar-refractivity contribution in [1.82, 2.24) is 0 Å². The smallest absolute Gasteiger partial charge is 0.302 e. The number of para-hydroxylation sites is 1. The Morgan fingerprint density at radius 2 is 1.78 bits per heavy atom. The molecule has 1 amide bonds. The van der Waals surface area contributed by atoms with E-state index >= 15 is 0 Å². The zero-order chi connectivity index (χ0) is 13.7. The second-order valence-corrected chi connectivity index (χ2v) is 3.73. The lowest BCUT2D eigenvalue weighted by molar-refractivity contribution is -0.113. The quantitative estimate of drug-likeness (QED) is 0.697. The van der Waals surface area contributed by atoms with Gasteiger partial charge >= 0.3 is 5.91 Å². The van der Waals surface area contributed by atoms with E-state index in [1.165, 1.54) is 4.90 Å². The van der Waals surface area contributed by atoms with Crippen molar-refractivity contribution >= 4 is 11.6 Å². The Morgan fingerprint density at radius 1 is 1.11 bits per heavy atom. The fourth-order valence-corrected chi connectivity index (χ4v) is 1.43. The van der Waals surface area contributed by atoms with E-state index in [1.807, 2.05) is 30.3 Å². The van der Waals surface area contributed by atoms with E-state index in [0.29, 0.717) is 11.7 Å². The first-order valence-corrected chi connectivity index (χ1v) is 5.59. The number of rotatable bonds is 1. The third kappa shape index (κ3) is 2.99. The molecule has 2 aromatic rings. The topological polar surface area (TPSA) is 20.3 Å². The highest BCUT2D eigenvalue weighted by atomic mass is 16.2. The minimum Gasteiger partial charge on any atom is -0.305 e. The molecule has 0 unspecified atom stereocenters. The summed E-state index contributed by atoms with van der Waals surface area (Å²) >= 11 is 0. The molecule has 0 N–H and O–H groups in total. The van der Waals surface area contributed by atoms with Crippen molar-refractivity contribution in [1.29, 1.82) is 0 Å². The molecule has 0 saturated heterocycles. The summed E-state index contributed by atoms with van der Waals surface area (Å²) in [5.74, 6) is 5.06. The Labute approximate surface area is 108 Å². The van der Waals surface area contributed by atoms with Gasteiger partial charge in [0.25, 0.3) is 0 Å². The molecule has 2 rings (SSSR count). The van der Waals surface area contributed by atoms with Crippen LogP contribution in [0.25, 0.3) is 0 Å². The molecule has 0 aliphatic carbocycles. The maximum Gasteiger partial charge on any atom is 0.302 e. The second-order valence-electron chi connectivity index (χ2n) is 3.73. The van der Waals surface area contributed by atoms with E-state index in [1.54, 1.807) is 31.3 Å². The number of hydrogen-bond acceptors (Lipinski definition) is 1. The predicted octanol–water partition coefficient (Wildman–Crippen LogP) is 2.70. The van der Waals surface area contributed by atoms with Gasteiger partial charge in [0.2, 0.25) is 0 Å². The average Bonchev–Trinajstić information content (AvgIpc) is 2.45. The molecule has 0 atom stereocenters. The fourth-order valence-electron chi connectivity index (χ4n) is 1.43. The summed E-state index contributed by atoms with van der Waals surface area (Å²) in [6.07, 6.45) is 0. The number of amides is 1.